The SMILES string of the molecule is CCOc1ccc(C(=O)NNC(=O)c2cnn(-c3cccc(C(F)(F)F)c3)c2C)cc1OC. The summed E-state index contributed by atoms with van der Waals surface area (Å²) in [5.74, 6) is -0.461. The van der Waals surface area contributed by atoms with Crippen molar-refractivity contribution in [3.63, 3.8) is 0 Å². The molecule has 33 heavy (non-hydrogen) atoms. The molecule has 0 aliphatic heterocycles. The van der Waals surface area contributed by atoms with Crippen LogP contribution in [-0.4, -0.2) is 35.3 Å². The van der Waals surface area contributed by atoms with Crippen LogP contribution in [0.15, 0.2) is 48.7 Å². The van der Waals surface area contributed by atoms with Gasteiger partial charge in [-0.25, -0.2) is 4.68 Å². The number of methoxy groups -OCH3 is 1. The van der Waals surface area contributed by atoms with Crippen molar-refractivity contribution >= 4 is 11.8 Å². The molecule has 0 atom stereocenters. The number of aromatic nitrogens is 2. The molecule has 0 fully saturated rings. The quantitative estimate of drug-likeness (QED) is 0.545. The van der Waals surface area contributed by atoms with Gasteiger partial charge in [0.25, 0.3) is 11.8 Å². The van der Waals surface area contributed by atoms with Crippen molar-refractivity contribution in [2.45, 2.75) is 20.0 Å². The van der Waals surface area contributed by atoms with Crippen LogP contribution in [0.25, 0.3) is 5.69 Å². The number of nitrogens with zero attached hydrogens (tertiary/aromatic N) is 2. The Hall–Kier alpha value is -4.02. The second-order valence-corrected chi connectivity index (χ2v) is 6.81. The molecule has 174 valence electrons. The second-order valence-electron chi connectivity index (χ2n) is 6.81. The van der Waals surface area contributed by atoms with E-state index in [-0.39, 0.29) is 16.8 Å². The van der Waals surface area contributed by atoms with E-state index >= 15 is 0 Å². The zero-order chi connectivity index (χ0) is 24.2. The zero-order valence-corrected chi connectivity index (χ0v) is 18.0. The van der Waals surface area contributed by atoms with Crippen LogP contribution >= 0.6 is 0 Å². The van der Waals surface area contributed by atoms with Crippen LogP contribution in [0.1, 0.15) is 38.9 Å². The first-order valence-electron chi connectivity index (χ1n) is 9.79. The molecule has 3 aromatic rings. The Morgan fingerprint density at radius 2 is 1.79 bits per heavy atom. The molecule has 8 nitrogen and oxygen atoms in total. The third-order valence-electron chi connectivity index (χ3n) is 4.69. The number of nitrogens with one attached hydrogen (secondary N) is 2. The van der Waals surface area contributed by atoms with Crippen molar-refractivity contribution in [3.05, 3.63) is 71.0 Å². The summed E-state index contributed by atoms with van der Waals surface area (Å²) in [6.45, 7) is 3.76. The summed E-state index contributed by atoms with van der Waals surface area (Å²) < 4.78 is 50.8. The lowest BCUT2D eigenvalue weighted by Gasteiger charge is -2.12. The van der Waals surface area contributed by atoms with E-state index in [9.17, 15) is 22.8 Å². The lowest BCUT2D eigenvalue weighted by atomic mass is 10.2. The van der Waals surface area contributed by atoms with Crippen LogP contribution in [-0.2, 0) is 6.18 Å². The Bertz CT molecular complexity index is 1170. The van der Waals surface area contributed by atoms with E-state index in [1.54, 1.807) is 6.07 Å². The van der Waals surface area contributed by atoms with Crippen LogP contribution in [0.2, 0.25) is 0 Å². The number of hydrogen-bond acceptors (Lipinski definition) is 5. The van der Waals surface area contributed by atoms with Gasteiger partial charge in [-0.2, -0.15) is 18.3 Å². The molecule has 1 heterocycles. The van der Waals surface area contributed by atoms with Gasteiger partial charge in [0.15, 0.2) is 11.5 Å². The van der Waals surface area contributed by atoms with E-state index in [0.29, 0.717) is 23.8 Å². The Kier molecular flexibility index (Phi) is 6.90. The Morgan fingerprint density at radius 3 is 2.45 bits per heavy atom. The minimum Gasteiger partial charge on any atom is -0.493 e. The van der Waals surface area contributed by atoms with Crippen molar-refractivity contribution in [3.8, 4) is 17.2 Å². The third kappa shape index (κ3) is 5.25. The van der Waals surface area contributed by atoms with Gasteiger partial charge < -0.3 is 9.47 Å². The lowest BCUT2D eigenvalue weighted by Crippen LogP contribution is -2.41. The number of amides is 2. The van der Waals surface area contributed by atoms with Crippen LogP contribution in [0, 0.1) is 6.92 Å². The monoisotopic (exact) mass is 462 g/mol. The summed E-state index contributed by atoms with van der Waals surface area (Å²) in [6.07, 6.45) is -3.30. The van der Waals surface area contributed by atoms with E-state index in [1.165, 1.54) is 49.2 Å². The van der Waals surface area contributed by atoms with Gasteiger partial charge in [-0.05, 0) is 50.2 Å². The fourth-order valence-electron chi connectivity index (χ4n) is 3.04. The van der Waals surface area contributed by atoms with Crippen molar-refractivity contribution in [2.75, 3.05) is 13.7 Å². The molecule has 0 radical (unpaired) electrons. The highest BCUT2D eigenvalue weighted by atomic mass is 19.4. The van der Waals surface area contributed by atoms with Crippen molar-refractivity contribution < 1.29 is 32.2 Å². The molecule has 0 saturated carbocycles. The van der Waals surface area contributed by atoms with Crippen LogP contribution in [0.4, 0.5) is 13.2 Å². The minimum atomic E-state index is -4.51. The molecule has 2 N–H and O–H groups in total. The smallest absolute Gasteiger partial charge is 0.416 e. The van der Waals surface area contributed by atoms with Crippen LogP contribution < -0.4 is 20.3 Å². The topological polar surface area (TPSA) is 94.5 Å². The molecular weight excluding hydrogens is 441 g/mol. The second kappa shape index (κ2) is 9.63. The molecule has 0 spiro atoms. The van der Waals surface area contributed by atoms with Gasteiger partial charge in [-0.1, -0.05) is 6.07 Å². The number of hydrazine groups is 1. The molecule has 1 aromatic heterocycles. The summed E-state index contributed by atoms with van der Waals surface area (Å²) in [4.78, 5) is 24.9. The summed E-state index contributed by atoms with van der Waals surface area (Å²) >= 11 is 0. The maximum atomic E-state index is 13.0. The molecule has 3 rings (SSSR count). The zero-order valence-electron chi connectivity index (χ0n) is 18.0. The van der Waals surface area contributed by atoms with Gasteiger partial charge in [0.1, 0.15) is 0 Å². The highest BCUT2D eigenvalue weighted by Gasteiger charge is 2.30. The fraction of sp³-hybridized carbons (Fsp3) is 0.227. The molecule has 0 unspecified atom stereocenters. The molecule has 0 aliphatic rings. The molecule has 11 heteroatoms. The first-order chi connectivity index (χ1) is 15.7. The molecule has 0 bridgehead atoms. The van der Waals surface area contributed by atoms with Gasteiger partial charge in [-0.3, -0.25) is 20.4 Å². The van der Waals surface area contributed by atoms with Crippen molar-refractivity contribution in [1.82, 2.24) is 20.6 Å². The maximum Gasteiger partial charge on any atom is 0.416 e. The number of carbonyl (C=O) groups is 2. The normalized spacial score (nSPS) is 11.1. The van der Waals surface area contributed by atoms with E-state index in [0.717, 1.165) is 12.1 Å². The van der Waals surface area contributed by atoms with E-state index in [4.69, 9.17) is 9.47 Å². The molecular formula is C22H21F3N4O4. The fourth-order valence-corrected chi connectivity index (χ4v) is 3.04. The summed E-state index contributed by atoms with van der Waals surface area (Å²) in [6, 6.07) is 9.12. The number of rotatable bonds is 6. The first kappa shape index (κ1) is 23.6. The molecule has 2 amide bonds. The summed E-state index contributed by atoms with van der Waals surface area (Å²) in [5, 5.41) is 4.01. The third-order valence-corrected chi connectivity index (χ3v) is 4.69. The Labute approximate surface area is 187 Å². The number of alkyl halides is 3. The standard InChI is InChI=1S/C22H21F3N4O4/c1-4-33-18-9-8-14(10-19(18)32-3)20(30)27-28-21(31)17-12-26-29(13(17)2)16-7-5-6-15(11-16)22(23,24)25/h5-12H,4H2,1-3H3,(H,27,30)(H,28,31). The predicted molar refractivity (Wildman–Crippen MR) is 112 cm³/mol. The highest BCUT2D eigenvalue weighted by molar-refractivity contribution is 5.99. The average Bonchev–Trinajstić information content (AvgIpc) is 3.18. The maximum absolute atomic E-state index is 13.0. The first-order valence-corrected chi connectivity index (χ1v) is 9.79. The minimum absolute atomic E-state index is 0.0805. The Morgan fingerprint density at radius 1 is 1.06 bits per heavy atom. The number of carbonyl (C=O) groups excluding carboxylic acids is 2. The van der Waals surface area contributed by atoms with E-state index < -0.39 is 23.6 Å². The number of benzene rings is 2. The van der Waals surface area contributed by atoms with E-state index in [1.807, 2.05) is 6.92 Å². The summed E-state index contributed by atoms with van der Waals surface area (Å²) in [7, 11) is 1.44. The molecule has 2 aromatic carbocycles. The van der Waals surface area contributed by atoms with Crippen LogP contribution in [0.5, 0.6) is 11.5 Å². The van der Waals surface area contributed by atoms with Crippen molar-refractivity contribution in [2.24, 2.45) is 0 Å². The van der Waals surface area contributed by atoms with Crippen molar-refractivity contribution in [1.29, 1.82) is 0 Å². The largest absolute Gasteiger partial charge is 0.493 e. The molecule has 0 saturated heterocycles. The Balaban J connectivity index is 1.72. The number of ether oxygens (including phenoxy) is 2. The van der Waals surface area contributed by atoms with Gasteiger partial charge in [0.2, 0.25) is 0 Å². The van der Waals surface area contributed by atoms with Gasteiger partial charge in [0.05, 0.1) is 42.4 Å². The molecule has 0 aliphatic carbocycles. The number of halogens is 3. The van der Waals surface area contributed by atoms with Gasteiger partial charge in [0, 0.05) is 5.56 Å². The van der Waals surface area contributed by atoms with E-state index in [2.05, 4.69) is 16.0 Å². The number of hydrogen-bond donors (Lipinski definition) is 2. The predicted octanol–water partition coefficient (Wildman–Crippen LogP) is 3.68. The van der Waals surface area contributed by atoms with Crippen LogP contribution in [0.3, 0.4) is 0 Å². The van der Waals surface area contributed by atoms with Gasteiger partial charge >= 0.3 is 6.18 Å². The van der Waals surface area contributed by atoms with Gasteiger partial charge in [-0.15, -0.1) is 0 Å². The average molecular weight is 462 g/mol. The summed E-state index contributed by atoms with van der Waals surface area (Å²) in [5.41, 5.74) is 4.46. The highest BCUT2D eigenvalue weighted by Crippen LogP contribution is 2.31. The lowest BCUT2D eigenvalue weighted by molar-refractivity contribution is -0.137.